The first-order chi connectivity index (χ1) is 16.6. The molecule has 6 nitrogen and oxygen atoms in total. The molecule has 3 aromatic heterocycles. The Morgan fingerprint density at radius 3 is 2.54 bits per heavy atom. The Morgan fingerprint density at radius 1 is 1.03 bits per heavy atom. The Morgan fingerprint density at radius 2 is 1.80 bits per heavy atom. The summed E-state index contributed by atoms with van der Waals surface area (Å²) >= 11 is 0. The van der Waals surface area contributed by atoms with E-state index in [1.54, 1.807) is 39.1 Å². The predicted octanol–water partition coefficient (Wildman–Crippen LogP) is 4.86. The lowest BCUT2D eigenvalue weighted by molar-refractivity contribution is 0.146. The molecule has 10 heteroatoms. The fourth-order valence-electron chi connectivity index (χ4n) is 4.44. The molecular weight excluding hydrogens is 462 g/mol. The summed E-state index contributed by atoms with van der Waals surface area (Å²) in [6, 6.07) is 5.30. The fraction of sp³-hybridized carbons (Fsp3) is 0.280. The highest BCUT2D eigenvalue weighted by atomic mass is 19.3. The van der Waals surface area contributed by atoms with Crippen LogP contribution in [0.3, 0.4) is 0 Å². The van der Waals surface area contributed by atoms with Crippen LogP contribution in [0.4, 0.5) is 23.4 Å². The van der Waals surface area contributed by atoms with Crippen molar-refractivity contribution in [2.45, 2.75) is 40.2 Å². The molecule has 0 fully saturated rings. The van der Waals surface area contributed by atoms with Gasteiger partial charge in [-0.15, -0.1) is 5.10 Å². The number of hydrogen-bond acceptors (Lipinski definition) is 5. The Bertz CT molecular complexity index is 1550. The van der Waals surface area contributed by atoms with E-state index in [0.29, 0.717) is 47.6 Å². The van der Waals surface area contributed by atoms with E-state index in [9.17, 15) is 22.4 Å². The van der Waals surface area contributed by atoms with Gasteiger partial charge in [0, 0.05) is 59.7 Å². The molecule has 1 aliphatic rings. The number of fused-ring (bicyclic) bond motifs is 2. The maximum Gasteiger partial charge on any atom is 0.280 e. The van der Waals surface area contributed by atoms with Crippen molar-refractivity contribution in [2.24, 2.45) is 0 Å². The summed E-state index contributed by atoms with van der Waals surface area (Å²) in [6.45, 7) is 6.14. The number of benzene rings is 1. The lowest BCUT2D eigenvalue weighted by Gasteiger charge is -2.31. The van der Waals surface area contributed by atoms with Crippen LogP contribution in [0.25, 0.3) is 16.8 Å². The van der Waals surface area contributed by atoms with Crippen molar-refractivity contribution in [1.82, 2.24) is 19.6 Å². The van der Waals surface area contributed by atoms with Gasteiger partial charge >= 0.3 is 0 Å². The normalized spacial score (nSPS) is 13.5. The van der Waals surface area contributed by atoms with E-state index < -0.39 is 29.3 Å². The molecule has 0 spiro atoms. The van der Waals surface area contributed by atoms with Gasteiger partial charge in [0.1, 0.15) is 5.69 Å². The van der Waals surface area contributed by atoms with Crippen LogP contribution in [0.15, 0.2) is 35.3 Å². The maximum absolute atomic E-state index is 14.5. The number of hydrogen-bond donors (Lipinski definition) is 0. The first kappa shape index (κ1) is 22.9. The van der Waals surface area contributed by atoms with Gasteiger partial charge < -0.3 is 4.90 Å². The van der Waals surface area contributed by atoms with Gasteiger partial charge in [0.15, 0.2) is 23.1 Å². The average Bonchev–Trinajstić information content (AvgIpc) is 2.83. The highest BCUT2D eigenvalue weighted by Crippen LogP contribution is 2.31. The van der Waals surface area contributed by atoms with Crippen LogP contribution in [-0.2, 0) is 13.0 Å². The monoisotopic (exact) mass is 483 g/mol. The topological polar surface area (TPSA) is 63.4 Å². The lowest BCUT2D eigenvalue weighted by atomic mass is 9.98. The van der Waals surface area contributed by atoms with Crippen molar-refractivity contribution in [3.05, 3.63) is 86.1 Å². The molecule has 0 atom stereocenters. The number of anilines is 1. The average molecular weight is 483 g/mol. The zero-order valence-corrected chi connectivity index (χ0v) is 19.2. The number of rotatable bonds is 3. The van der Waals surface area contributed by atoms with Gasteiger partial charge in [-0.25, -0.2) is 22.5 Å². The quantitative estimate of drug-likeness (QED) is 0.390. The molecule has 180 valence electrons. The van der Waals surface area contributed by atoms with E-state index in [4.69, 9.17) is 0 Å². The van der Waals surface area contributed by atoms with Crippen LogP contribution < -0.4 is 10.5 Å². The van der Waals surface area contributed by atoms with Crippen molar-refractivity contribution in [3.63, 3.8) is 0 Å². The number of aromatic nitrogens is 4. The minimum absolute atomic E-state index is 0.0901. The highest BCUT2D eigenvalue weighted by Gasteiger charge is 2.24. The van der Waals surface area contributed by atoms with Gasteiger partial charge in [0.2, 0.25) is 0 Å². The van der Waals surface area contributed by atoms with Gasteiger partial charge in [-0.2, -0.15) is 4.52 Å². The van der Waals surface area contributed by atoms with E-state index >= 15 is 0 Å². The highest BCUT2D eigenvalue weighted by molar-refractivity contribution is 5.66. The van der Waals surface area contributed by atoms with E-state index in [-0.39, 0.29) is 11.2 Å². The maximum atomic E-state index is 14.5. The molecule has 0 unspecified atom stereocenters. The molecule has 1 aliphatic heterocycles. The predicted molar refractivity (Wildman–Crippen MR) is 123 cm³/mol. The molecule has 0 N–H and O–H groups in total. The molecule has 0 radical (unpaired) electrons. The van der Waals surface area contributed by atoms with Crippen LogP contribution in [0.5, 0.6) is 0 Å². The van der Waals surface area contributed by atoms with E-state index in [1.165, 1.54) is 0 Å². The van der Waals surface area contributed by atoms with Crippen LogP contribution in [-0.4, -0.2) is 26.1 Å². The lowest BCUT2D eigenvalue weighted by Crippen LogP contribution is -2.34. The number of nitrogens with zero attached hydrogens (tertiary/aromatic N) is 5. The molecule has 1 aromatic carbocycles. The number of aryl methyl sites for hydroxylation is 2. The fourth-order valence-corrected chi connectivity index (χ4v) is 4.44. The van der Waals surface area contributed by atoms with Crippen molar-refractivity contribution >= 4 is 11.5 Å². The number of pyridine rings is 1. The smallest absolute Gasteiger partial charge is 0.280 e. The molecule has 5 rings (SSSR count). The van der Waals surface area contributed by atoms with Gasteiger partial charge in [0.25, 0.3) is 12.0 Å². The Hall–Kier alpha value is -3.82. The van der Waals surface area contributed by atoms with Crippen molar-refractivity contribution < 1.29 is 17.6 Å². The van der Waals surface area contributed by atoms with Crippen LogP contribution in [0.1, 0.15) is 40.1 Å². The molecule has 4 aromatic rings. The summed E-state index contributed by atoms with van der Waals surface area (Å²) in [5.41, 5.74) is 2.97. The third kappa shape index (κ3) is 3.92. The number of halogens is 4. The summed E-state index contributed by atoms with van der Waals surface area (Å²) < 4.78 is 55.8. The standard InChI is InChI=1S/C25H21F4N5O/c1-12-6-17(22(27)18(26)7-12)15-8-16-11-33(5-4-19(16)30-10-15)25-14(3)13(2)24-31-20(23(28)29)9-21(35)34(24)32-25/h6-10,23H,4-5,11H2,1-3H3. The summed E-state index contributed by atoms with van der Waals surface area (Å²) in [5.74, 6) is -1.32. The number of alkyl halides is 2. The largest absolute Gasteiger partial charge is 0.350 e. The summed E-state index contributed by atoms with van der Waals surface area (Å²) in [6.07, 6.45) is -0.740. The van der Waals surface area contributed by atoms with Crippen LogP contribution >= 0.6 is 0 Å². The Balaban J connectivity index is 1.56. The van der Waals surface area contributed by atoms with Crippen LogP contribution in [0, 0.1) is 32.4 Å². The molecule has 4 heterocycles. The molecule has 0 saturated carbocycles. The summed E-state index contributed by atoms with van der Waals surface area (Å²) in [4.78, 5) is 22.9. The third-order valence-corrected chi connectivity index (χ3v) is 6.39. The van der Waals surface area contributed by atoms with Gasteiger partial charge in [-0.05, 0) is 50.1 Å². The van der Waals surface area contributed by atoms with Crippen molar-refractivity contribution in [1.29, 1.82) is 0 Å². The summed E-state index contributed by atoms with van der Waals surface area (Å²) in [7, 11) is 0. The molecular formula is C25H21F4N5O. The molecule has 0 saturated heterocycles. The zero-order valence-electron chi connectivity index (χ0n) is 19.2. The minimum Gasteiger partial charge on any atom is -0.350 e. The van der Waals surface area contributed by atoms with Gasteiger partial charge in [-0.1, -0.05) is 0 Å². The first-order valence-corrected chi connectivity index (χ1v) is 11.0. The van der Waals surface area contributed by atoms with Crippen molar-refractivity contribution in [2.75, 3.05) is 11.4 Å². The third-order valence-electron chi connectivity index (χ3n) is 6.39. The molecule has 35 heavy (non-hydrogen) atoms. The van der Waals surface area contributed by atoms with Gasteiger partial charge in [-0.3, -0.25) is 9.78 Å². The van der Waals surface area contributed by atoms with Crippen molar-refractivity contribution in [3.8, 4) is 11.1 Å². The molecule has 0 bridgehead atoms. The molecule has 0 aliphatic carbocycles. The van der Waals surface area contributed by atoms with E-state index in [2.05, 4.69) is 15.1 Å². The zero-order chi connectivity index (χ0) is 25.0. The summed E-state index contributed by atoms with van der Waals surface area (Å²) in [5, 5.41) is 4.44. The van der Waals surface area contributed by atoms with Crippen LogP contribution in [0.2, 0.25) is 0 Å². The van der Waals surface area contributed by atoms with Gasteiger partial charge in [0.05, 0.1) is 0 Å². The second-order valence-electron chi connectivity index (χ2n) is 8.74. The first-order valence-electron chi connectivity index (χ1n) is 11.0. The van der Waals surface area contributed by atoms with E-state index in [0.717, 1.165) is 27.9 Å². The SMILES string of the molecule is Cc1cc(F)c(F)c(-c2cnc3c(c2)CN(c2nn4c(=O)cc(C(F)F)nc4c(C)c2C)CC3)c1. The molecule has 0 amide bonds. The second kappa shape index (κ2) is 8.44. The Labute approximate surface area is 197 Å². The second-order valence-corrected chi connectivity index (χ2v) is 8.74. The Kier molecular flexibility index (Phi) is 5.53. The minimum atomic E-state index is -2.86. The van der Waals surface area contributed by atoms with E-state index in [1.807, 2.05) is 4.90 Å².